The van der Waals surface area contributed by atoms with Gasteiger partial charge in [-0.15, -0.1) is 10.2 Å². The van der Waals surface area contributed by atoms with Crippen LogP contribution in [0.1, 0.15) is 48.7 Å². The topological polar surface area (TPSA) is 88.3 Å². The smallest absolute Gasteiger partial charge is 0.290 e. The molecule has 25 heavy (non-hydrogen) atoms. The number of nitrogens with zero attached hydrogens (tertiary/aromatic N) is 3. The molecule has 0 aliphatic carbocycles. The lowest BCUT2D eigenvalue weighted by Gasteiger charge is -2.33. The van der Waals surface area contributed by atoms with E-state index in [9.17, 15) is 9.59 Å². The summed E-state index contributed by atoms with van der Waals surface area (Å²) in [5, 5.41) is 12.3. The maximum Gasteiger partial charge on any atom is 0.290 e. The molecule has 1 fully saturated rings. The quantitative estimate of drug-likeness (QED) is 0.883. The molecule has 1 unspecified atom stereocenters. The predicted molar refractivity (Wildman–Crippen MR) is 94.5 cm³/mol. The van der Waals surface area contributed by atoms with Gasteiger partial charge in [0.15, 0.2) is 5.76 Å². The van der Waals surface area contributed by atoms with Gasteiger partial charge in [-0.2, -0.15) is 0 Å². The summed E-state index contributed by atoms with van der Waals surface area (Å²) in [4.78, 5) is 26.9. The highest BCUT2D eigenvalue weighted by Crippen LogP contribution is 2.23. The van der Waals surface area contributed by atoms with Crippen LogP contribution in [0.25, 0.3) is 0 Å². The van der Waals surface area contributed by atoms with Crippen molar-refractivity contribution in [2.75, 3.05) is 11.9 Å². The molecule has 1 N–H and O–H groups in total. The number of rotatable bonds is 5. The van der Waals surface area contributed by atoms with Gasteiger partial charge < -0.3 is 9.32 Å². The summed E-state index contributed by atoms with van der Waals surface area (Å²) in [6.45, 7) is 4.77. The number of aromatic nitrogens is 2. The number of furan rings is 1. The average molecular weight is 362 g/mol. The van der Waals surface area contributed by atoms with E-state index in [4.69, 9.17) is 4.42 Å². The SMILES string of the molecule is CC(C)Cc1nnc(NC(=O)C2CCCCN2C(=O)c2ccco2)s1. The fourth-order valence-corrected chi connectivity index (χ4v) is 3.87. The zero-order valence-corrected chi connectivity index (χ0v) is 15.2. The lowest BCUT2D eigenvalue weighted by molar-refractivity contribution is -0.121. The molecule has 3 heterocycles. The van der Waals surface area contributed by atoms with Crippen molar-refractivity contribution in [2.45, 2.75) is 45.6 Å². The molecular formula is C17H22N4O3S. The molecule has 2 aromatic heterocycles. The van der Waals surface area contributed by atoms with Crippen LogP contribution in [0, 0.1) is 5.92 Å². The summed E-state index contributed by atoms with van der Waals surface area (Å²) in [6.07, 6.45) is 4.72. The van der Waals surface area contributed by atoms with E-state index in [0.29, 0.717) is 24.0 Å². The number of carbonyl (C=O) groups is 2. The molecule has 0 radical (unpaired) electrons. The number of hydrogen-bond acceptors (Lipinski definition) is 6. The highest BCUT2D eigenvalue weighted by Gasteiger charge is 2.34. The molecule has 2 amide bonds. The van der Waals surface area contributed by atoms with Gasteiger partial charge >= 0.3 is 0 Å². The summed E-state index contributed by atoms with van der Waals surface area (Å²) < 4.78 is 5.19. The number of hydrogen-bond donors (Lipinski definition) is 1. The molecule has 2 aromatic rings. The summed E-state index contributed by atoms with van der Waals surface area (Å²) in [5.41, 5.74) is 0. The predicted octanol–water partition coefficient (Wildman–Crippen LogP) is 2.96. The Morgan fingerprint density at radius 3 is 2.96 bits per heavy atom. The van der Waals surface area contributed by atoms with Gasteiger partial charge in [-0.3, -0.25) is 14.9 Å². The van der Waals surface area contributed by atoms with E-state index in [-0.39, 0.29) is 17.6 Å². The first-order valence-corrected chi connectivity index (χ1v) is 9.34. The minimum atomic E-state index is -0.510. The third-order valence-corrected chi connectivity index (χ3v) is 4.94. The molecule has 1 atom stereocenters. The maximum absolute atomic E-state index is 12.7. The first kappa shape index (κ1) is 17.6. The van der Waals surface area contributed by atoms with Gasteiger partial charge in [-0.25, -0.2) is 0 Å². The van der Waals surface area contributed by atoms with Crippen molar-refractivity contribution in [1.29, 1.82) is 0 Å². The van der Waals surface area contributed by atoms with Crippen LogP contribution in [-0.4, -0.2) is 39.5 Å². The molecule has 8 heteroatoms. The van der Waals surface area contributed by atoms with Crippen molar-refractivity contribution in [3.8, 4) is 0 Å². The van der Waals surface area contributed by atoms with Crippen LogP contribution in [-0.2, 0) is 11.2 Å². The lowest BCUT2D eigenvalue weighted by atomic mass is 10.0. The summed E-state index contributed by atoms with van der Waals surface area (Å²) in [5.74, 6) is 0.278. The molecular weight excluding hydrogens is 340 g/mol. The van der Waals surface area contributed by atoms with Crippen LogP contribution in [0.3, 0.4) is 0 Å². The number of piperidine rings is 1. The van der Waals surface area contributed by atoms with Crippen LogP contribution in [0.15, 0.2) is 22.8 Å². The second kappa shape index (κ2) is 7.77. The molecule has 1 saturated heterocycles. The molecule has 0 spiro atoms. The zero-order chi connectivity index (χ0) is 17.8. The Labute approximate surface area is 150 Å². The summed E-state index contributed by atoms with van der Waals surface area (Å²) in [6, 6.07) is 2.78. The van der Waals surface area contributed by atoms with Crippen molar-refractivity contribution >= 4 is 28.3 Å². The Kier molecular flexibility index (Phi) is 5.47. The zero-order valence-electron chi connectivity index (χ0n) is 14.4. The molecule has 1 aliphatic heterocycles. The minimum absolute atomic E-state index is 0.216. The third-order valence-electron chi connectivity index (χ3n) is 4.08. The van der Waals surface area contributed by atoms with E-state index in [1.165, 1.54) is 17.6 Å². The van der Waals surface area contributed by atoms with Crippen LogP contribution < -0.4 is 5.32 Å². The number of nitrogens with one attached hydrogen (secondary N) is 1. The first-order chi connectivity index (χ1) is 12.0. The van der Waals surface area contributed by atoms with Crippen LogP contribution in [0.5, 0.6) is 0 Å². The van der Waals surface area contributed by atoms with Crippen molar-refractivity contribution in [3.63, 3.8) is 0 Å². The molecule has 3 rings (SSSR count). The van der Waals surface area contributed by atoms with Crippen LogP contribution in [0.4, 0.5) is 5.13 Å². The van der Waals surface area contributed by atoms with Crippen molar-refractivity contribution in [1.82, 2.24) is 15.1 Å². The highest BCUT2D eigenvalue weighted by molar-refractivity contribution is 7.15. The van der Waals surface area contributed by atoms with Crippen LogP contribution >= 0.6 is 11.3 Å². The monoisotopic (exact) mass is 362 g/mol. The third kappa shape index (κ3) is 4.25. The van der Waals surface area contributed by atoms with Gasteiger partial charge in [0.05, 0.1) is 6.26 Å². The van der Waals surface area contributed by atoms with Gasteiger partial charge in [-0.05, 0) is 37.3 Å². The number of carbonyl (C=O) groups excluding carboxylic acids is 2. The fraction of sp³-hybridized carbons (Fsp3) is 0.529. The fourth-order valence-electron chi connectivity index (χ4n) is 2.91. The van der Waals surface area contributed by atoms with Gasteiger partial charge in [0, 0.05) is 13.0 Å². The Hall–Kier alpha value is -2.22. The van der Waals surface area contributed by atoms with E-state index < -0.39 is 6.04 Å². The van der Waals surface area contributed by atoms with E-state index in [0.717, 1.165) is 24.3 Å². The normalized spacial score (nSPS) is 17.7. The van der Waals surface area contributed by atoms with E-state index in [1.807, 2.05) is 0 Å². The number of amides is 2. The van der Waals surface area contributed by atoms with Crippen molar-refractivity contribution in [3.05, 3.63) is 29.2 Å². The van der Waals surface area contributed by atoms with E-state index in [1.54, 1.807) is 17.0 Å². The lowest BCUT2D eigenvalue weighted by Crippen LogP contribution is -2.49. The molecule has 0 bridgehead atoms. The Morgan fingerprint density at radius 2 is 2.24 bits per heavy atom. The highest BCUT2D eigenvalue weighted by atomic mass is 32.1. The number of anilines is 1. The standard InChI is InChI=1S/C17H22N4O3S/c1-11(2)10-14-19-20-17(25-14)18-15(22)12-6-3-4-8-21(12)16(23)13-7-5-9-24-13/h5,7,9,11-12H,3-4,6,8,10H2,1-2H3,(H,18,20,22). The maximum atomic E-state index is 12.7. The van der Waals surface area contributed by atoms with Gasteiger partial charge in [0.1, 0.15) is 11.0 Å². The summed E-state index contributed by atoms with van der Waals surface area (Å²) >= 11 is 1.38. The Morgan fingerprint density at radius 1 is 1.40 bits per heavy atom. The first-order valence-electron chi connectivity index (χ1n) is 8.52. The van der Waals surface area contributed by atoms with E-state index >= 15 is 0 Å². The molecule has 0 saturated carbocycles. The number of likely N-dealkylation sites (tertiary alicyclic amines) is 1. The van der Waals surface area contributed by atoms with Crippen molar-refractivity contribution in [2.24, 2.45) is 5.92 Å². The molecule has 1 aliphatic rings. The Bertz CT molecular complexity index is 726. The summed E-state index contributed by atoms with van der Waals surface area (Å²) in [7, 11) is 0. The second-order valence-corrected chi connectivity index (χ2v) is 7.64. The molecule has 7 nitrogen and oxygen atoms in total. The minimum Gasteiger partial charge on any atom is -0.459 e. The Balaban J connectivity index is 1.68. The van der Waals surface area contributed by atoms with Gasteiger partial charge in [0.2, 0.25) is 11.0 Å². The van der Waals surface area contributed by atoms with Crippen molar-refractivity contribution < 1.29 is 14.0 Å². The van der Waals surface area contributed by atoms with Gasteiger partial charge in [-0.1, -0.05) is 25.2 Å². The van der Waals surface area contributed by atoms with E-state index in [2.05, 4.69) is 29.4 Å². The average Bonchev–Trinajstić information content (AvgIpc) is 3.26. The molecule has 134 valence electrons. The largest absolute Gasteiger partial charge is 0.459 e. The second-order valence-electron chi connectivity index (χ2n) is 6.58. The van der Waals surface area contributed by atoms with Crippen LogP contribution in [0.2, 0.25) is 0 Å². The van der Waals surface area contributed by atoms with Gasteiger partial charge in [0.25, 0.3) is 5.91 Å². The molecule has 0 aromatic carbocycles.